The summed E-state index contributed by atoms with van der Waals surface area (Å²) < 4.78 is 33.8. The van der Waals surface area contributed by atoms with Crippen LogP contribution in [0.15, 0.2) is 10.6 Å². The van der Waals surface area contributed by atoms with Gasteiger partial charge < -0.3 is 14.6 Å². The van der Waals surface area contributed by atoms with E-state index < -0.39 is 15.7 Å². The highest BCUT2D eigenvalue weighted by Crippen LogP contribution is 2.15. The predicted molar refractivity (Wildman–Crippen MR) is 72.1 cm³/mol. The normalized spacial score (nSPS) is 19.1. The lowest BCUT2D eigenvalue weighted by atomic mass is 10.3. The lowest BCUT2D eigenvalue weighted by molar-refractivity contribution is -0.115. The minimum absolute atomic E-state index is 0.0106. The summed E-state index contributed by atoms with van der Waals surface area (Å²) in [6, 6.07) is 1.57. The second kappa shape index (κ2) is 6.36. The van der Waals surface area contributed by atoms with Gasteiger partial charge in [-0.3, -0.25) is 4.79 Å². The molecule has 112 valence electrons. The molecule has 1 aromatic rings. The average Bonchev–Trinajstić information content (AvgIpc) is 2.99. The van der Waals surface area contributed by atoms with E-state index >= 15 is 0 Å². The number of hydrogen-bond donors (Lipinski definition) is 1. The van der Waals surface area contributed by atoms with Crippen molar-refractivity contribution in [3.63, 3.8) is 0 Å². The largest absolute Gasteiger partial charge is 0.377 e. The van der Waals surface area contributed by atoms with Crippen LogP contribution in [0.4, 0.5) is 5.82 Å². The van der Waals surface area contributed by atoms with Crippen molar-refractivity contribution in [3.05, 3.63) is 11.8 Å². The van der Waals surface area contributed by atoms with Gasteiger partial charge in [-0.25, -0.2) is 8.42 Å². The average molecular weight is 302 g/mol. The Hall–Kier alpha value is -1.41. The summed E-state index contributed by atoms with van der Waals surface area (Å²) in [6.45, 7) is 2.32. The van der Waals surface area contributed by atoms with Gasteiger partial charge in [0.05, 0.1) is 17.6 Å². The van der Waals surface area contributed by atoms with Crippen LogP contribution >= 0.6 is 0 Å². The third-order valence-corrected chi connectivity index (χ3v) is 4.71. The molecule has 20 heavy (non-hydrogen) atoms. The Labute approximate surface area is 117 Å². The maximum atomic E-state index is 11.9. The minimum atomic E-state index is -3.28. The highest BCUT2D eigenvalue weighted by atomic mass is 32.2. The monoisotopic (exact) mass is 302 g/mol. The van der Waals surface area contributed by atoms with Crippen LogP contribution in [0.25, 0.3) is 0 Å². The van der Waals surface area contributed by atoms with Crippen LogP contribution in [0.1, 0.15) is 25.0 Å². The number of nitrogens with one attached hydrogen (secondary N) is 1. The summed E-state index contributed by atoms with van der Waals surface area (Å²) in [5.74, 6) is 0.281. The molecule has 7 nitrogen and oxygen atoms in total. The maximum Gasteiger partial charge on any atom is 0.226 e. The van der Waals surface area contributed by atoms with Gasteiger partial charge in [-0.2, -0.15) is 0 Å². The van der Waals surface area contributed by atoms with Gasteiger partial charge in [-0.05, 0) is 19.8 Å². The zero-order valence-corrected chi connectivity index (χ0v) is 12.1. The second-order valence-electron chi connectivity index (χ2n) is 4.87. The molecule has 8 heteroatoms. The molecule has 1 atom stereocenters. The fourth-order valence-corrected chi connectivity index (χ4v) is 3.51. The van der Waals surface area contributed by atoms with E-state index in [1.54, 1.807) is 13.0 Å². The summed E-state index contributed by atoms with van der Waals surface area (Å²) in [7, 11) is -3.28. The van der Waals surface area contributed by atoms with Gasteiger partial charge >= 0.3 is 0 Å². The number of ether oxygens (including phenoxy) is 1. The van der Waals surface area contributed by atoms with Gasteiger partial charge in [-0.15, -0.1) is 0 Å². The number of carbonyl (C=O) groups excluding carboxylic acids is 1. The quantitative estimate of drug-likeness (QED) is 0.838. The smallest absolute Gasteiger partial charge is 0.226 e. The van der Waals surface area contributed by atoms with Crippen LogP contribution in [0.5, 0.6) is 0 Å². The van der Waals surface area contributed by atoms with E-state index in [1.165, 1.54) is 0 Å². The molecule has 0 saturated carbocycles. The summed E-state index contributed by atoms with van der Waals surface area (Å²) in [4.78, 5) is 11.6. The third-order valence-electron chi connectivity index (χ3n) is 3.00. The zero-order chi connectivity index (χ0) is 14.6. The van der Waals surface area contributed by atoms with Crippen molar-refractivity contribution >= 4 is 21.6 Å². The number of hydrogen-bond acceptors (Lipinski definition) is 6. The van der Waals surface area contributed by atoms with Crippen molar-refractivity contribution < 1.29 is 22.5 Å². The Morgan fingerprint density at radius 2 is 2.35 bits per heavy atom. The van der Waals surface area contributed by atoms with Crippen LogP contribution < -0.4 is 5.32 Å². The molecule has 1 aliphatic heterocycles. The molecule has 2 rings (SSSR count). The van der Waals surface area contributed by atoms with Crippen LogP contribution in [0.3, 0.4) is 0 Å². The zero-order valence-electron chi connectivity index (χ0n) is 11.3. The number of rotatable bonds is 6. The molecule has 0 radical (unpaired) electrons. The molecule has 0 bridgehead atoms. The Balaban J connectivity index is 1.77. The lowest BCUT2D eigenvalue weighted by Crippen LogP contribution is -2.25. The van der Waals surface area contributed by atoms with E-state index in [2.05, 4.69) is 10.5 Å². The van der Waals surface area contributed by atoms with Crippen molar-refractivity contribution in [2.24, 2.45) is 0 Å². The SMILES string of the molecule is Cc1cc(NC(=O)CCS(=O)(=O)C[C@@H]2CCCO2)no1. The molecular weight excluding hydrogens is 284 g/mol. The van der Waals surface area contributed by atoms with Gasteiger partial charge in [-0.1, -0.05) is 5.16 Å². The molecule has 2 heterocycles. The van der Waals surface area contributed by atoms with Crippen LogP contribution in [-0.2, 0) is 19.4 Å². The highest BCUT2D eigenvalue weighted by molar-refractivity contribution is 7.91. The fourth-order valence-electron chi connectivity index (χ4n) is 2.02. The molecule has 0 aliphatic carbocycles. The van der Waals surface area contributed by atoms with Crippen molar-refractivity contribution in [1.29, 1.82) is 0 Å². The summed E-state index contributed by atoms with van der Waals surface area (Å²) in [5.41, 5.74) is 0. The summed E-state index contributed by atoms with van der Waals surface area (Å²) in [6.07, 6.45) is 1.35. The van der Waals surface area contributed by atoms with Crippen LogP contribution in [0, 0.1) is 6.92 Å². The third kappa shape index (κ3) is 4.61. The van der Waals surface area contributed by atoms with Crippen molar-refractivity contribution in [1.82, 2.24) is 5.16 Å². The minimum Gasteiger partial charge on any atom is -0.377 e. The second-order valence-corrected chi connectivity index (χ2v) is 7.10. The first-order chi connectivity index (χ1) is 9.44. The number of aryl methyl sites for hydroxylation is 1. The number of sulfone groups is 1. The molecule has 1 aromatic heterocycles. The molecular formula is C12H18N2O5S. The number of nitrogens with zero attached hydrogens (tertiary/aromatic N) is 1. The standard InChI is InChI=1S/C12H18N2O5S/c1-9-7-11(14-19-9)13-12(15)4-6-20(16,17)8-10-3-2-5-18-10/h7,10H,2-6,8H2,1H3,(H,13,14,15)/t10-/m0/s1. The highest BCUT2D eigenvalue weighted by Gasteiger charge is 2.24. The summed E-state index contributed by atoms with van der Waals surface area (Å²) in [5, 5.41) is 6.10. The number of aromatic nitrogens is 1. The fraction of sp³-hybridized carbons (Fsp3) is 0.667. The van der Waals surface area contributed by atoms with E-state index in [1.807, 2.05) is 0 Å². The number of carbonyl (C=O) groups is 1. The Morgan fingerprint density at radius 3 is 2.95 bits per heavy atom. The van der Waals surface area contributed by atoms with Gasteiger partial charge in [0, 0.05) is 19.1 Å². The Bertz CT molecular complexity index is 560. The summed E-state index contributed by atoms with van der Waals surface area (Å²) >= 11 is 0. The molecule has 1 aliphatic rings. The van der Waals surface area contributed by atoms with E-state index in [9.17, 15) is 13.2 Å². The predicted octanol–water partition coefficient (Wildman–Crippen LogP) is 0.905. The van der Waals surface area contributed by atoms with Crippen molar-refractivity contribution in [2.45, 2.75) is 32.3 Å². The lowest BCUT2D eigenvalue weighted by Gasteiger charge is -2.09. The van der Waals surface area contributed by atoms with Crippen LogP contribution in [-0.4, -0.2) is 43.7 Å². The van der Waals surface area contributed by atoms with Gasteiger partial charge in [0.15, 0.2) is 15.7 Å². The molecule has 1 amide bonds. The number of amides is 1. The van der Waals surface area contributed by atoms with E-state index in [0.29, 0.717) is 18.2 Å². The maximum absolute atomic E-state index is 11.9. The molecule has 1 fully saturated rings. The molecule has 1 saturated heterocycles. The molecule has 0 unspecified atom stereocenters. The molecule has 1 N–H and O–H groups in total. The molecule has 0 spiro atoms. The Kier molecular flexibility index (Phi) is 4.77. The molecule has 0 aromatic carbocycles. The number of anilines is 1. The van der Waals surface area contributed by atoms with E-state index in [4.69, 9.17) is 9.26 Å². The first kappa shape index (κ1) is 15.0. The van der Waals surface area contributed by atoms with E-state index in [0.717, 1.165) is 12.8 Å². The van der Waals surface area contributed by atoms with E-state index in [-0.39, 0.29) is 24.0 Å². The van der Waals surface area contributed by atoms with Crippen LogP contribution in [0.2, 0.25) is 0 Å². The first-order valence-electron chi connectivity index (χ1n) is 6.50. The first-order valence-corrected chi connectivity index (χ1v) is 8.32. The Morgan fingerprint density at radius 1 is 1.55 bits per heavy atom. The van der Waals surface area contributed by atoms with Gasteiger partial charge in [0.1, 0.15) is 5.76 Å². The topological polar surface area (TPSA) is 98.5 Å². The van der Waals surface area contributed by atoms with Gasteiger partial charge in [0.25, 0.3) is 0 Å². The van der Waals surface area contributed by atoms with Crippen molar-refractivity contribution in [3.8, 4) is 0 Å². The van der Waals surface area contributed by atoms with Crippen molar-refractivity contribution in [2.75, 3.05) is 23.4 Å². The van der Waals surface area contributed by atoms with Gasteiger partial charge in [0.2, 0.25) is 5.91 Å².